The molecular weight excluding hydrogens is 422 g/mol. The highest BCUT2D eigenvalue weighted by Crippen LogP contribution is 2.29. The van der Waals surface area contributed by atoms with Gasteiger partial charge in [-0.2, -0.15) is 5.10 Å². The van der Waals surface area contributed by atoms with Crippen molar-refractivity contribution >= 4 is 23.6 Å². The van der Waals surface area contributed by atoms with Crippen LogP contribution in [0.2, 0.25) is 0 Å². The van der Waals surface area contributed by atoms with Gasteiger partial charge in [0.15, 0.2) is 0 Å². The Morgan fingerprint density at radius 2 is 1.94 bits per heavy atom. The molecule has 170 valence electrons. The second kappa shape index (κ2) is 9.15. The van der Waals surface area contributed by atoms with Gasteiger partial charge in [-0.3, -0.25) is 9.59 Å². The first-order valence-corrected chi connectivity index (χ1v) is 10.6. The molecule has 2 aromatic carbocycles. The number of rotatable bonds is 4. The maximum atomic E-state index is 13.7. The lowest BCUT2D eigenvalue weighted by Gasteiger charge is -2.29. The number of hydrogen-bond acceptors (Lipinski definition) is 4. The molecule has 0 bridgehead atoms. The van der Waals surface area contributed by atoms with E-state index in [1.165, 1.54) is 0 Å². The van der Waals surface area contributed by atoms with Crippen LogP contribution in [0, 0.1) is 6.92 Å². The minimum atomic E-state index is -1.11. The van der Waals surface area contributed by atoms with Gasteiger partial charge in [0.25, 0.3) is 5.91 Å². The summed E-state index contributed by atoms with van der Waals surface area (Å²) in [5.74, 6) is -1.27. The Bertz CT molecular complexity index is 1190. The lowest BCUT2D eigenvalue weighted by molar-refractivity contribution is -0.135. The van der Waals surface area contributed by atoms with E-state index < -0.39 is 18.5 Å². The third kappa shape index (κ3) is 4.57. The van der Waals surface area contributed by atoms with Gasteiger partial charge in [0, 0.05) is 42.8 Å². The second-order valence-corrected chi connectivity index (χ2v) is 8.02. The lowest BCUT2D eigenvalue weighted by Crippen LogP contribution is -2.49. The number of hydrogen-bond donors (Lipinski definition) is 2. The molecule has 0 fully saturated rings. The van der Waals surface area contributed by atoms with Crippen LogP contribution in [0.3, 0.4) is 0 Å². The molecule has 0 aliphatic carbocycles. The van der Waals surface area contributed by atoms with Gasteiger partial charge in [-0.25, -0.2) is 9.48 Å². The number of carboxylic acids is 1. The molecule has 0 spiro atoms. The molecule has 0 saturated heterocycles. The van der Waals surface area contributed by atoms with Gasteiger partial charge in [-0.15, -0.1) is 0 Å². The van der Waals surface area contributed by atoms with Crippen LogP contribution in [-0.2, 0) is 11.3 Å². The Morgan fingerprint density at radius 1 is 1.15 bits per heavy atom. The molecule has 33 heavy (non-hydrogen) atoms. The topological polar surface area (TPSA) is 108 Å². The number of benzene rings is 2. The summed E-state index contributed by atoms with van der Waals surface area (Å²) in [5, 5.41) is 15.6. The van der Waals surface area contributed by atoms with Gasteiger partial charge in [0.05, 0.1) is 5.69 Å². The monoisotopic (exact) mass is 447 g/mol. The Balaban J connectivity index is 1.64. The zero-order valence-electron chi connectivity index (χ0n) is 18.4. The first-order chi connectivity index (χ1) is 15.8. The SMILES string of the molecule is Cc1cc(-n2cccn2)ccc1C(=O)N1C[C@@H](C)N(C(=O)NCC(=O)O)Cc2ccccc21. The summed E-state index contributed by atoms with van der Waals surface area (Å²) in [5.41, 5.74) is 3.79. The van der Waals surface area contributed by atoms with Crippen molar-refractivity contribution in [3.8, 4) is 5.69 Å². The highest BCUT2D eigenvalue weighted by atomic mass is 16.4. The molecule has 1 atom stereocenters. The first kappa shape index (κ1) is 22.1. The highest BCUT2D eigenvalue weighted by molar-refractivity contribution is 6.07. The Labute approximate surface area is 191 Å². The fraction of sp³-hybridized carbons (Fsp3) is 0.250. The van der Waals surface area contributed by atoms with Crippen molar-refractivity contribution < 1.29 is 19.5 Å². The lowest BCUT2D eigenvalue weighted by atomic mass is 10.0. The van der Waals surface area contributed by atoms with Gasteiger partial charge in [0.2, 0.25) is 0 Å². The maximum Gasteiger partial charge on any atom is 0.323 e. The molecule has 0 radical (unpaired) electrons. The summed E-state index contributed by atoms with van der Waals surface area (Å²) in [4.78, 5) is 40.5. The van der Waals surface area contributed by atoms with Gasteiger partial charge in [-0.05, 0) is 55.3 Å². The number of para-hydroxylation sites is 1. The van der Waals surface area contributed by atoms with E-state index in [4.69, 9.17) is 5.11 Å². The largest absolute Gasteiger partial charge is 0.480 e. The van der Waals surface area contributed by atoms with Crippen molar-refractivity contribution in [2.45, 2.75) is 26.4 Å². The molecule has 0 unspecified atom stereocenters. The van der Waals surface area contributed by atoms with Crippen molar-refractivity contribution in [3.05, 3.63) is 77.6 Å². The fourth-order valence-electron chi connectivity index (χ4n) is 4.02. The normalized spacial score (nSPS) is 15.5. The van der Waals surface area contributed by atoms with E-state index in [9.17, 15) is 14.4 Å². The number of urea groups is 1. The van der Waals surface area contributed by atoms with E-state index in [2.05, 4.69) is 10.4 Å². The van der Waals surface area contributed by atoms with Gasteiger partial charge >= 0.3 is 12.0 Å². The first-order valence-electron chi connectivity index (χ1n) is 10.6. The Hall–Kier alpha value is -4.14. The minimum Gasteiger partial charge on any atom is -0.480 e. The van der Waals surface area contributed by atoms with Crippen molar-refractivity contribution in [1.29, 1.82) is 0 Å². The number of aliphatic carboxylic acids is 1. The van der Waals surface area contributed by atoms with E-state index >= 15 is 0 Å². The summed E-state index contributed by atoms with van der Waals surface area (Å²) in [6.45, 7) is 3.81. The third-order valence-corrected chi connectivity index (χ3v) is 5.71. The van der Waals surface area contributed by atoms with Crippen LogP contribution in [0.4, 0.5) is 10.5 Å². The Kier molecular flexibility index (Phi) is 6.12. The predicted molar refractivity (Wildman–Crippen MR) is 122 cm³/mol. The smallest absolute Gasteiger partial charge is 0.323 e. The number of carbonyl (C=O) groups is 3. The summed E-state index contributed by atoms with van der Waals surface area (Å²) in [7, 11) is 0. The zero-order valence-corrected chi connectivity index (χ0v) is 18.4. The third-order valence-electron chi connectivity index (χ3n) is 5.71. The summed E-state index contributed by atoms with van der Waals surface area (Å²) in [6, 6.07) is 14.0. The van der Waals surface area contributed by atoms with Crippen LogP contribution in [0.25, 0.3) is 5.69 Å². The summed E-state index contributed by atoms with van der Waals surface area (Å²) in [6.07, 6.45) is 3.54. The van der Waals surface area contributed by atoms with E-state index in [1.807, 2.05) is 62.5 Å². The number of amides is 3. The van der Waals surface area contributed by atoms with Crippen LogP contribution >= 0.6 is 0 Å². The van der Waals surface area contributed by atoms with Crippen molar-refractivity contribution in [1.82, 2.24) is 20.0 Å². The molecule has 3 aromatic rings. The number of nitrogens with one attached hydrogen (secondary N) is 1. The predicted octanol–water partition coefficient (Wildman–Crippen LogP) is 2.83. The van der Waals surface area contributed by atoms with Crippen LogP contribution in [0.5, 0.6) is 0 Å². The number of anilines is 1. The number of aromatic nitrogens is 2. The van der Waals surface area contributed by atoms with Crippen molar-refractivity contribution in [3.63, 3.8) is 0 Å². The van der Waals surface area contributed by atoms with Gasteiger partial charge in [0.1, 0.15) is 6.54 Å². The highest BCUT2D eigenvalue weighted by Gasteiger charge is 2.32. The van der Waals surface area contributed by atoms with Gasteiger partial charge in [-0.1, -0.05) is 18.2 Å². The number of aryl methyl sites for hydroxylation is 1. The molecule has 2 N–H and O–H groups in total. The maximum absolute atomic E-state index is 13.7. The van der Waals surface area contributed by atoms with Crippen LogP contribution in [0.15, 0.2) is 60.9 Å². The van der Waals surface area contributed by atoms with E-state index in [-0.39, 0.29) is 25.0 Å². The standard InChI is InChI=1S/C24H25N5O4/c1-16-12-19(29-11-5-10-26-29)8-9-20(16)23(32)28-14-17(2)27(24(33)25-13-22(30)31)15-18-6-3-4-7-21(18)28/h3-12,17H,13-15H2,1-2H3,(H,25,33)(H,30,31)/t17-/m1/s1. The average Bonchev–Trinajstić information content (AvgIpc) is 3.29. The van der Waals surface area contributed by atoms with Crippen LogP contribution in [0.1, 0.15) is 28.4 Å². The molecule has 1 aromatic heterocycles. The number of carbonyl (C=O) groups excluding carboxylic acids is 2. The fourth-order valence-corrected chi connectivity index (χ4v) is 4.02. The van der Waals surface area contributed by atoms with Crippen molar-refractivity contribution in [2.24, 2.45) is 0 Å². The molecule has 1 aliphatic rings. The molecular formula is C24H25N5O4. The van der Waals surface area contributed by atoms with E-state index in [0.29, 0.717) is 5.56 Å². The summed E-state index contributed by atoms with van der Waals surface area (Å²) < 4.78 is 1.73. The molecule has 0 saturated carbocycles. The molecule has 4 rings (SSSR count). The van der Waals surface area contributed by atoms with Crippen LogP contribution < -0.4 is 10.2 Å². The van der Waals surface area contributed by atoms with Gasteiger partial charge < -0.3 is 20.2 Å². The van der Waals surface area contributed by atoms with Crippen molar-refractivity contribution in [2.75, 3.05) is 18.0 Å². The van der Waals surface area contributed by atoms with E-state index in [1.54, 1.807) is 26.7 Å². The van der Waals surface area contributed by atoms with Crippen LogP contribution in [-0.4, -0.2) is 56.8 Å². The number of nitrogens with zero attached hydrogens (tertiary/aromatic N) is 4. The quantitative estimate of drug-likeness (QED) is 0.640. The number of carboxylic acid groups (broad SMARTS) is 1. The molecule has 2 heterocycles. The molecule has 9 nitrogen and oxygen atoms in total. The molecule has 1 aliphatic heterocycles. The average molecular weight is 447 g/mol. The molecule has 9 heteroatoms. The van der Waals surface area contributed by atoms with E-state index in [0.717, 1.165) is 22.5 Å². The Morgan fingerprint density at radius 3 is 2.64 bits per heavy atom. The second-order valence-electron chi connectivity index (χ2n) is 8.02. The number of fused-ring (bicyclic) bond motifs is 1. The molecule has 3 amide bonds. The summed E-state index contributed by atoms with van der Waals surface area (Å²) >= 11 is 0. The zero-order chi connectivity index (χ0) is 23.5. The minimum absolute atomic E-state index is 0.161.